The van der Waals surface area contributed by atoms with E-state index in [1.54, 1.807) is 6.92 Å². The van der Waals surface area contributed by atoms with Gasteiger partial charge in [0.2, 0.25) is 0 Å². The van der Waals surface area contributed by atoms with Crippen molar-refractivity contribution in [2.45, 2.75) is 45.8 Å². The van der Waals surface area contributed by atoms with E-state index in [1.165, 1.54) is 0 Å². The summed E-state index contributed by atoms with van der Waals surface area (Å²) in [7, 11) is 0. The molecule has 0 fully saturated rings. The second-order valence-corrected chi connectivity index (χ2v) is 4.82. The van der Waals surface area contributed by atoms with E-state index in [0.717, 1.165) is 6.54 Å². The lowest BCUT2D eigenvalue weighted by atomic mass is 10.2. The number of rotatable bonds is 6. The van der Waals surface area contributed by atoms with Gasteiger partial charge in [0.05, 0.1) is 6.10 Å². The van der Waals surface area contributed by atoms with Gasteiger partial charge in [-0.05, 0) is 40.7 Å². The quantitative estimate of drug-likeness (QED) is 0.594. The number of hydrogen-bond acceptors (Lipinski definition) is 4. The molecular formula is C11H24N2O3. The maximum absolute atomic E-state index is 11.2. The Hall–Kier alpha value is -0.810. The SMILES string of the molecule is C[C@@H](O)CCNCCNC(=O)OC(C)(C)C. The van der Waals surface area contributed by atoms with Crippen molar-refractivity contribution in [3.05, 3.63) is 0 Å². The van der Waals surface area contributed by atoms with Crippen LogP contribution in [0, 0.1) is 0 Å². The van der Waals surface area contributed by atoms with Crippen molar-refractivity contribution < 1.29 is 14.6 Å². The summed E-state index contributed by atoms with van der Waals surface area (Å²) in [5.74, 6) is 0. The third-order valence-electron chi connectivity index (χ3n) is 1.71. The van der Waals surface area contributed by atoms with E-state index >= 15 is 0 Å². The van der Waals surface area contributed by atoms with Gasteiger partial charge < -0.3 is 20.5 Å². The Labute approximate surface area is 97.6 Å². The summed E-state index contributed by atoms with van der Waals surface area (Å²) in [5.41, 5.74) is -0.455. The van der Waals surface area contributed by atoms with Gasteiger partial charge in [0.15, 0.2) is 0 Å². The molecule has 0 aromatic carbocycles. The minimum absolute atomic E-state index is 0.286. The fraction of sp³-hybridized carbons (Fsp3) is 0.909. The van der Waals surface area contributed by atoms with Gasteiger partial charge in [-0.1, -0.05) is 0 Å². The number of carbonyl (C=O) groups excluding carboxylic acids is 1. The van der Waals surface area contributed by atoms with Crippen LogP contribution in [0.3, 0.4) is 0 Å². The van der Waals surface area contributed by atoms with Gasteiger partial charge in [-0.15, -0.1) is 0 Å². The van der Waals surface area contributed by atoms with Gasteiger partial charge in [-0.25, -0.2) is 4.79 Å². The number of hydrogen-bond donors (Lipinski definition) is 3. The third-order valence-corrected chi connectivity index (χ3v) is 1.71. The summed E-state index contributed by atoms with van der Waals surface area (Å²) in [4.78, 5) is 11.2. The number of carbonyl (C=O) groups is 1. The molecule has 0 radical (unpaired) electrons. The van der Waals surface area contributed by atoms with Crippen molar-refractivity contribution in [3.8, 4) is 0 Å². The molecule has 96 valence electrons. The van der Waals surface area contributed by atoms with Crippen LogP contribution in [-0.2, 0) is 4.74 Å². The van der Waals surface area contributed by atoms with Gasteiger partial charge in [0.1, 0.15) is 5.60 Å². The molecule has 1 atom stereocenters. The zero-order valence-corrected chi connectivity index (χ0v) is 10.7. The van der Waals surface area contributed by atoms with E-state index < -0.39 is 11.7 Å². The zero-order valence-electron chi connectivity index (χ0n) is 10.7. The highest BCUT2D eigenvalue weighted by atomic mass is 16.6. The number of aliphatic hydroxyl groups excluding tert-OH is 1. The van der Waals surface area contributed by atoms with Crippen molar-refractivity contribution in [1.29, 1.82) is 0 Å². The summed E-state index contributed by atoms with van der Waals surface area (Å²) in [6.07, 6.45) is 0.0306. The molecule has 0 saturated heterocycles. The van der Waals surface area contributed by atoms with E-state index in [2.05, 4.69) is 10.6 Å². The minimum atomic E-state index is -0.455. The van der Waals surface area contributed by atoms with E-state index in [9.17, 15) is 4.79 Å². The van der Waals surface area contributed by atoms with Gasteiger partial charge in [-0.2, -0.15) is 0 Å². The molecule has 0 unspecified atom stereocenters. The average molecular weight is 232 g/mol. The first-order valence-corrected chi connectivity index (χ1v) is 5.67. The number of aliphatic hydroxyl groups is 1. The Morgan fingerprint density at radius 2 is 1.94 bits per heavy atom. The molecule has 0 aromatic heterocycles. The fourth-order valence-electron chi connectivity index (χ4n) is 1.00. The Kier molecular flexibility index (Phi) is 7.08. The molecule has 16 heavy (non-hydrogen) atoms. The number of nitrogens with one attached hydrogen (secondary N) is 2. The van der Waals surface area contributed by atoms with Crippen LogP contribution >= 0.6 is 0 Å². The third kappa shape index (κ3) is 11.3. The zero-order chi connectivity index (χ0) is 12.6. The van der Waals surface area contributed by atoms with Gasteiger partial charge in [-0.3, -0.25) is 0 Å². The Morgan fingerprint density at radius 3 is 2.44 bits per heavy atom. The van der Waals surface area contributed by atoms with Crippen LogP contribution in [-0.4, -0.2) is 42.5 Å². The lowest BCUT2D eigenvalue weighted by Gasteiger charge is -2.19. The summed E-state index contributed by atoms with van der Waals surface area (Å²) in [5, 5.41) is 14.7. The Bertz CT molecular complexity index is 200. The molecule has 0 aromatic rings. The van der Waals surface area contributed by atoms with Gasteiger partial charge in [0, 0.05) is 13.1 Å². The lowest BCUT2D eigenvalue weighted by molar-refractivity contribution is 0.0528. The predicted octanol–water partition coefficient (Wildman–Crippen LogP) is 0.872. The second-order valence-electron chi connectivity index (χ2n) is 4.82. The minimum Gasteiger partial charge on any atom is -0.444 e. The fourth-order valence-corrected chi connectivity index (χ4v) is 1.00. The number of alkyl carbamates (subject to hydrolysis) is 1. The summed E-state index contributed by atoms with van der Waals surface area (Å²) < 4.78 is 5.06. The van der Waals surface area contributed by atoms with Crippen LogP contribution in [0.5, 0.6) is 0 Å². The lowest BCUT2D eigenvalue weighted by Crippen LogP contribution is -2.36. The van der Waals surface area contributed by atoms with E-state index in [0.29, 0.717) is 19.5 Å². The monoisotopic (exact) mass is 232 g/mol. The second kappa shape index (κ2) is 7.46. The molecule has 5 nitrogen and oxygen atoms in total. The molecule has 1 amide bonds. The van der Waals surface area contributed by atoms with Crippen LogP contribution in [0.1, 0.15) is 34.1 Å². The molecule has 0 rings (SSSR count). The Morgan fingerprint density at radius 1 is 1.31 bits per heavy atom. The van der Waals surface area contributed by atoms with Crippen LogP contribution in [0.15, 0.2) is 0 Å². The van der Waals surface area contributed by atoms with Crippen LogP contribution < -0.4 is 10.6 Å². The maximum atomic E-state index is 11.2. The number of amides is 1. The molecule has 3 N–H and O–H groups in total. The largest absolute Gasteiger partial charge is 0.444 e. The van der Waals surface area contributed by atoms with E-state index in [1.807, 2.05) is 20.8 Å². The highest BCUT2D eigenvalue weighted by molar-refractivity contribution is 5.67. The van der Waals surface area contributed by atoms with Crippen LogP contribution in [0.4, 0.5) is 4.79 Å². The number of ether oxygens (including phenoxy) is 1. The molecule has 0 aliphatic heterocycles. The van der Waals surface area contributed by atoms with E-state index in [4.69, 9.17) is 9.84 Å². The summed E-state index contributed by atoms with van der Waals surface area (Å²) in [6, 6.07) is 0. The van der Waals surface area contributed by atoms with Crippen molar-refractivity contribution in [3.63, 3.8) is 0 Å². The summed E-state index contributed by atoms with van der Waals surface area (Å²) in [6.45, 7) is 9.17. The molecular weight excluding hydrogens is 208 g/mol. The standard InChI is InChI=1S/C11H24N2O3/c1-9(14)5-6-12-7-8-13-10(15)16-11(2,3)4/h9,12,14H,5-8H2,1-4H3,(H,13,15)/t9-/m1/s1. The first-order chi connectivity index (χ1) is 7.31. The van der Waals surface area contributed by atoms with Crippen molar-refractivity contribution >= 4 is 6.09 Å². The van der Waals surface area contributed by atoms with Crippen LogP contribution in [0.2, 0.25) is 0 Å². The molecule has 0 aliphatic carbocycles. The smallest absolute Gasteiger partial charge is 0.407 e. The molecule has 0 aliphatic rings. The highest BCUT2D eigenvalue weighted by Crippen LogP contribution is 2.05. The molecule has 0 spiro atoms. The molecule has 0 heterocycles. The van der Waals surface area contributed by atoms with E-state index in [-0.39, 0.29) is 6.10 Å². The maximum Gasteiger partial charge on any atom is 0.407 e. The Balaban J connectivity index is 3.35. The first kappa shape index (κ1) is 15.2. The predicted molar refractivity (Wildman–Crippen MR) is 63.4 cm³/mol. The molecule has 5 heteroatoms. The van der Waals surface area contributed by atoms with Crippen molar-refractivity contribution in [2.75, 3.05) is 19.6 Å². The summed E-state index contributed by atoms with van der Waals surface area (Å²) >= 11 is 0. The average Bonchev–Trinajstić information content (AvgIpc) is 2.07. The highest BCUT2D eigenvalue weighted by Gasteiger charge is 2.15. The normalized spacial score (nSPS) is 13.3. The van der Waals surface area contributed by atoms with Crippen molar-refractivity contribution in [1.82, 2.24) is 10.6 Å². The first-order valence-electron chi connectivity index (χ1n) is 5.67. The molecule has 0 saturated carbocycles. The van der Waals surface area contributed by atoms with Crippen LogP contribution in [0.25, 0.3) is 0 Å². The topological polar surface area (TPSA) is 70.6 Å². The van der Waals surface area contributed by atoms with Gasteiger partial charge in [0.25, 0.3) is 0 Å². The van der Waals surface area contributed by atoms with Gasteiger partial charge >= 0.3 is 6.09 Å². The molecule has 0 bridgehead atoms. The van der Waals surface area contributed by atoms with Crippen molar-refractivity contribution in [2.24, 2.45) is 0 Å².